The fraction of sp³-hybridized carbons (Fsp3) is 0.958. The van der Waals surface area contributed by atoms with Crippen molar-refractivity contribution in [3.8, 4) is 0 Å². The van der Waals surface area contributed by atoms with Crippen molar-refractivity contribution >= 4 is 5.97 Å². The van der Waals surface area contributed by atoms with Crippen molar-refractivity contribution in [2.24, 2.45) is 11.3 Å². The molecule has 0 aromatic carbocycles. The van der Waals surface area contributed by atoms with Gasteiger partial charge in [0, 0.05) is 11.4 Å². The third kappa shape index (κ3) is 15.1. The first-order chi connectivity index (χ1) is 12.5. The monoisotopic (exact) mass is 385 g/mol. The molecular weight excluding hydrogens is 334 g/mol. The van der Waals surface area contributed by atoms with E-state index >= 15 is 0 Å². The van der Waals surface area contributed by atoms with Gasteiger partial charge in [0.1, 0.15) is 0 Å². The van der Waals surface area contributed by atoms with Gasteiger partial charge in [-0.25, -0.2) is 0 Å². The molecule has 164 valence electrons. The van der Waals surface area contributed by atoms with Gasteiger partial charge in [-0.15, -0.1) is 0 Å². The summed E-state index contributed by atoms with van der Waals surface area (Å²) >= 11 is 0. The second kappa shape index (κ2) is 18.8. The molecule has 0 aliphatic carbocycles. The number of carbonyl (C=O) groups excluding carboxylic acids is 1. The highest BCUT2D eigenvalue weighted by molar-refractivity contribution is 5.71. The van der Waals surface area contributed by atoms with Crippen LogP contribution in [-0.2, 0) is 4.79 Å². The number of hydrogen-bond donors (Lipinski definition) is 1. The molecule has 3 heteroatoms. The standard InChI is InChI=1S/C24H48O2.H3N/c1-5-7-8-9-10-11-12-13-14-15-16-17-18-19-21-22(20-6-2)24(3,4)23(25)26;/h22H,5-21H2,1-4H3,(H,25,26);1H3. The summed E-state index contributed by atoms with van der Waals surface area (Å²) in [4.78, 5) is 11.4. The van der Waals surface area contributed by atoms with Gasteiger partial charge in [-0.05, 0) is 18.8 Å². The van der Waals surface area contributed by atoms with Gasteiger partial charge in [0.2, 0.25) is 0 Å². The van der Waals surface area contributed by atoms with E-state index in [4.69, 9.17) is 0 Å². The van der Waals surface area contributed by atoms with Gasteiger partial charge in [0.05, 0.1) is 0 Å². The average molecular weight is 386 g/mol. The Morgan fingerprint density at radius 1 is 0.667 bits per heavy atom. The van der Waals surface area contributed by atoms with Crippen LogP contribution >= 0.6 is 0 Å². The minimum atomic E-state index is -0.888. The summed E-state index contributed by atoms with van der Waals surface area (Å²) in [6.07, 6.45) is 22.2. The normalized spacial score (nSPS) is 12.6. The first kappa shape index (κ1) is 28.6. The Morgan fingerprint density at radius 3 is 1.37 bits per heavy atom. The molecule has 0 aromatic rings. The molecule has 3 nitrogen and oxygen atoms in total. The molecule has 0 radical (unpaired) electrons. The largest absolute Gasteiger partial charge is 0.550 e. The van der Waals surface area contributed by atoms with Gasteiger partial charge in [-0.3, -0.25) is 0 Å². The zero-order valence-corrected chi connectivity index (χ0v) is 19.4. The summed E-state index contributed by atoms with van der Waals surface area (Å²) in [7, 11) is 0. The van der Waals surface area contributed by atoms with E-state index in [9.17, 15) is 9.90 Å². The number of unbranched alkanes of at least 4 members (excludes halogenated alkanes) is 13. The Morgan fingerprint density at radius 2 is 1.04 bits per heavy atom. The summed E-state index contributed by atoms with van der Waals surface area (Å²) < 4.78 is 0. The van der Waals surface area contributed by atoms with Crippen molar-refractivity contribution in [1.29, 1.82) is 0 Å². The Balaban J connectivity index is 0. The first-order valence-electron chi connectivity index (χ1n) is 11.7. The van der Waals surface area contributed by atoms with Gasteiger partial charge in [-0.2, -0.15) is 0 Å². The van der Waals surface area contributed by atoms with E-state index in [1.165, 1.54) is 89.9 Å². The van der Waals surface area contributed by atoms with Crippen LogP contribution in [0.5, 0.6) is 0 Å². The summed E-state index contributed by atoms with van der Waals surface area (Å²) in [5, 5.41) is 11.4. The van der Waals surface area contributed by atoms with Crippen LogP contribution in [-0.4, -0.2) is 5.97 Å². The van der Waals surface area contributed by atoms with Crippen LogP contribution in [0.25, 0.3) is 0 Å². The van der Waals surface area contributed by atoms with Crippen molar-refractivity contribution < 1.29 is 9.90 Å². The molecule has 0 rings (SSSR count). The van der Waals surface area contributed by atoms with Crippen LogP contribution in [0.4, 0.5) is 0 Å². The smallest absolute Gasteiger partial charge is 0.0473 e. The molecule has 0 aromatic heterocycles. The lowest BCUT2D eigenvalue weighted by molar-refractivity contribution is -0.320. The molecule has 0 saturated carbocycles. The first-order valence-corrected chi connectivity index (χ1v) is 11.7. The number of rotatable bonds is 19. The van der Waals surface area contributed by atoms with Crippen LogP contribution in [0.15, 0.2) is 0 Å². The van der Waals surface area contributed by atoms with Crippen molar-refractivity contribution in [1.82, 2.24) is 6.15 Å². The van der Waals surface area contributed by atoms with Crippen molar-refractivity contribution in [3.63, 3.8) is 0 Å². The number of aliphatic carboxylic acids is 1. The van der Waals surface area contributed by atoms with Gasteiger partial charge in [0.15, 0.2) is 0 Å². The molecule has 0 spiro atoms. The molecule has 0 saturated heterocycles. The Kier molecular flexibility index (Phi) is 19.9. The fourth-order valence-electron chi connectivity index (χ4n) is 3.97. The van der Waals surface area contributed by atoms with E-state index in [1.54, 1.807) is 0 Å². The predicted molar refractivity (Wildman–Crippen MR) is 118 cm³/mol. The third-order valence-corrected chi connectivity index (χ3v) is 6.09. The topological polar surface area (TPSA) is 76.6 Å². The average Bonchev–Trinajstić information content (AvgIpc) is 2.60. The van der Waals surface area contributed by atoms with E-state index in [1.807, 2.05) is 13.8 Å². The maximum atomic E-state index is 11.4. The number of quaternary nitrogens is 1. The highest BCUT2D eigenvalue weighted by Gasteiger charge is 2.29. The molecule has 0 heterocycles. The minimum absolute atomic E-state index is 0. The zero-order valence-electron chi connectivity index (χ0n) is 19.4. The molecule has 0 aliphatic rings. The molecule has 0 bridgehead atoms. The Bertz CT molecular complexity index is 328. The minimum Gasteiger partial charge on any atom is -0.550 e. The Hall–Kier alpha value is -0.570. The van der Waals surface area contributed by atoms with Crippen LogP contribution in [0.2, 0.25) is 0 Å². The number of hydrogen-bond acceptors (Lipinski definition) is 2. The lowest BCUT2D eigenvalue weighted by Crippen LogP contribution is -2.43. The molecule has 1 atom stereocenters. The number of carbonyl (C=O) groups is 1. The maximum Gasteiger partial charge on any atom is 0.0473 e. The van der Waals surface area contributed by atoms with E-state index in [0.29, 0.717) is 0 Å². The summed E-state index contributed by atoms with van der Waals surface area (Å²) in [6.45, 7) is 8.10. The predicted octanol–water partition coefficient (Wildman–Crippen LogP) is 7.43. The molecule has 0 amide bonds. The van der Waals surface area contributed by atoms with Gasteiger partial charge >= 0.3 is 0 Å². The van der Waals surface area contributed by atoms with E-state index in [-0.39, 0.29) is 12.1 Å². The molecular formula is C24H51NO2. The van der Waals surface area contributed by atoms with Gasteiger partial charge in [-0.1, -0.05) is 124 Å². The van der Waals surface area contributed by atoms with Crippen LogP contribution < -0.4 is 11.3 Å². The number of carboxylic acids is 1. The quantitative estimate of drug-likeness (QED) is 0.235. The second-order valence-corrected chi connectivity index (χ2v) is 8.88. The summed E-state index contributed by atoms with van der Waals surface area (Å²) in [5.74, 6) is -0.629. The highest BCUT2D eigenvalue weighted by Crippen LogP contribution is 2.34. The van der Waals surface area contributed by atoms with Crippen LogP contribution in [0, 0.1) is 11.3 Å². The highest BCUT2D eigenvalue weighted by atomic mass is 16.4. The Labute approximate surface area is 170 Å². The van der Waals surface area contributed by atoms with Crippen LogP contribution in [0.1, 0.15) is 137 Å². The van der Waals surface area contributed by atoms with E-state index < -0.39 is 11.4 Å². The summed E-state index contributed by atoms with van der Waals surface area (Å²) in [5.41, 5.74) is -0.688. The molecule has 0 fully saturated rings. The summed E-state index contributed by atoms with van der Waals surface area (Å²) in [6, 6.07) is 0. The molecule has 1 unspecified atom stereocenters. The SMILES string of the molecule is CCCCCCCCCCCCCCCCC(CCC)C(C)(C)C(=O)[O-].[NH4+]. The molecule has 4 N–H and O–H groups in total. The van der Waals surface area contributed by atoms with Crippen molar-refractivity contribution in [2.75, 3.05) is 0 Å². The van der Waals surface area contributed by atoms with Crippen molar-refractivity contribution in [2.45, 2.75) is 137 Å². The molecule has 0 aliphatic heterocycles. The van der Waals surface area contributed by atoms with Crippen molar-refractivity contribution in [3.05, 3.63) is 0 Å². The fourth-order valence-corrected chi connectivity index (χ4v) is 3.97. The van der Waals surface area contributed by atoms with E-state index in [2.05, 4.69) is 13.8 Å². The lowest BCUT2D eigenvalue weighted by Gasteiger charge is -2.35. The third-order valence-electron chi connectivity index (χ3n) is 6.09. The van der Waals surface area contributed by atoms with E-state index in [0.717, 1.165) is 19.3 Å². The second-order valence-electron chi connectivity index (χ2n) is 8.88. The van der Waals surface area contributed by atoms with Gasteiger partial charge < -0.3 is 16.1 Å². The lowest BCUT2D eigenvalue weighted by atomic mass is 9.74. The zero-order chi connectivity index (χ0) is 19.7. The van der Waals surface area contributed by atoms with Crippen LogP contribution in [0.3, 0.4) is 0 Å². The molecule has 27 heavy (non-hydrogen) atoms. The number of carboxylic acid groups (broad SMARTS) is 1. The van der Waals surface area contributed by atoms with Gasteiger partial charge in [0.25, 0.3) is 0 Å². The maximum absolute atomic E-state index is 11.4.